The van der Waals surface area contributed by atoms with E-state index in [2.05, 4.69) is 5.32 Å². The molecule has 0 fully saturated rings. The van der Waals surface area contributed by atoms with Gasteiger partial charge in [0.2, 0.25) is 0 Å². The average molecular weight is 211 g/mol. The molecule has 0 spiro atoms. The fraction of sp³-hybridized carbons (Fsp3) is 0.500. The van der Waals surface area contributed by atoms with E-state index >= 15 is 0 Å². The second-order valence-electron chi connectivity index (χ2n) is 3.97. The Morgan fingerprint density at radius 1 is 1.33 bits per heavy atom. The summed E-state index contributed by atoms with van der Waals surface area (Å²) in [6, 6.07) is 7.49. The Labute approximate surface area is 90.4 Å². The van der Waals surface area contributed by atoms with Gasteiger partial charge >= 0.3 is 0 Å². The maximum absolute atomic E-state index is 13.9. The Kier molecular flexibility index (Phi) is 4.09. The molecule has 0 bridgehead atoms. The zero-order chi connectivity index (χ0) is 11.3. The predicted octanol–water partition coefficient (Wildman–Crippen LogP) is 2.19. The largest absolute Gasteiger partial charge is 0.497 e. The summed E-state index contributed by atoms with van der Waals surface area (Å²) in [6.07, 6.45) is 0.415. The third kappa shape index (κ3) is 3.88. The first kappa shape index (κ1) is 12.0. The van der Waals surface area contributed by atoms with Crippen LogP contribution in [0, 0.1) is 0 Å². The molecule has 0 aromatic heterocycles. The SMILES string of the molecule is CNCC(C)(F)Cc1ccc(OC)cc1. The number of alkyl halides is 1. The van der Waals surface area contributed by atoms with Crippen molar-refractivity contribution >= 4 is 0 Å². The van der Waals surface area contributed by atoms with Crippen molar-refractivity contribution in [1.82, 2.24) is 5.32 Å². The lowest BCUT2D eigenvalue weighted by molar-refractivity contribution is 0.188. The van der Waals surface area contributed by atoms with Crippen LogP contribution in [0.3, 0.4) is 0 Å². The van der Waals surface area contributed by atoms with Gasteiger partial charge in [-0.05, 0) is 31.7 Å². The van der Waals surface area contributed by atoms with Crippen molar-refractivity contribution < 1.29 is 9.13 Å². The molecule has 0 amide bonds. The molecule has 0 aliphatic rings. The van der Waals surface area contributed by atoms with E-state index in [1.165, 1.54) is 0 Å². The van der Waals surface area contributed by atoms with Gasteiger partial charge in [0.25, 0.3) is 0 Å². The maximum atomic E-state index is 13.9. The molecule has 0 aliphatic heterocycles. The molecule has 1 N–H and O–H groups in total. The lowest BCUT2D eigenvalue weighted by atomic mass is 9.98. The predicted molar refractivity (Wildman–Crippen MR) is 60.1 cm³/mol. The van der Waals surface area contributed by atoms with E-state index in [-0.39, 0.29) is 0 Å². The molecular formula is C12H18FNO. The Balaban J connectivity index is 2.64. The van der Waals surface area contributed by atoms with Gasteiger partial charge in [-0.15, -0.1) is 0 Å². The van der Waals surface area contributed by atoms with Crippen molar-refractivity contribution in [1.29, 1.82) is 0 Å². The number of benzene rings is 1. The van der Waals surface area contributed by atoms with Gasteiger partial charge < -0.3 is 10.1 Å². The van der Waals surface area contributed by atoms with Gasteiger partial charge in [-0.2, -0.15) is 0 Å². The van der Waals surface area contributed by atoms with E-state index in [1.807, 2.05) is 24.3 Å². The lowest BCUT2D eigenvalue weighted by Gasteiger charge is -2.19. The minimum Gasteiger partial charge on any atom is -0.497 e. The molecular weight excluding hydrogens is 193 g/mol. The van der Waals surface area contributed by atoms with Gasteiger partial charge in [0, 0.05) is 13.0 Å². The molecule has 1 aromatic carbocycles. The highest BCUT2D eigenvalue weighted by atomic mass is 19.1. The molecule has 0 aliphatic carbocycles. The molecule has 0 radical (unpaired) electrons. The van der Waals surface area contributed by atoms with Crippen LogP contribution in [0.25, 0.3) is 0 Å². The summed E-state index contributed by atoms with van der Waals surface area (Å²) in [5, 5.41) is 2.85. The molecule has 3 heteroatoms. The van der Waals surface area contributed by atoms with Crippen molar-refractivity contribution in [3.05, 3.63) is 29.8 Å². The number of nitrogens with one attached hydrogen (secondary N) is 1. The number of hydrogen-bond acceptors (Lipinski definition) is 2. The Hall–Kier alpha value is -1.09. The zero-order valence-electron chi connectivity index (χ0n) is 9.51. The van der Waals surface area contributed by atoms with E-state index in [9.17, 15) is 4.39 Å². The number of halogens is 1. The molecule has 1 rings (SSSR count). The van der Waals surface area contributed by atoms with Gasteiger partial charge in [0.05, 0.1) is 7.11 Å². The number of methoxy groups -OCH3 is 1. The summed E-state index contributed by atoms with van der Waals surface area (Å²) in [5.74, 6) is 0.799. The number of ether oxygens (including phenoxy) is 1. The lowest BCUT2D eigenvalue weighted by Crippen LogP contribution is -2.33. The van der Waals surface area contributed by atoms with Crippen LogP contribution in [0.2, 0.25) is 0 Å². The quantitative estimate of drug-likeness (QED) is 0.806. The zero-order valence-corrected chi connectivity index (χ0v) is 9.51. The van der Waals surface area contributed by atoms with Crippen LogP contribution in [-0.4, -0.2) is 26.4 Å². The summed E-state index contributed by atoms with van der Waals surface area (Å²) in [4.78, 5) is 0. The second kappa shape index (κ2) is 5.12. The minimum atomic E-state index is -1.21. The standard InChI is InChI=1S/C12H18FNO/c1-12(13,9-14-2)8-10-4-6-11(15-3)7-5-10/h4-7,14H,8-9H2,1-3H3. The van der Waals surface area contributed by atoms with Gasteiger partial charge in [0.1, 0.15) is 11.4 Å². The summed E-state index contributed by atoms with van der Waals surface area (Å²) < 4.78 is 18.9. The minimum absolute atomic E-state index is 0.360. The third-order valence-corrected chi connectivity index (χ3v) is 2.28. The van der Waals surface area contributed by atoms with Gasteiger partial charge in [-0.3, -0.25) is 0 Å². The van der Waals surface area contributed by atoms with Crippen molar-refractivity contribution in [2.24, 2.45) is 0 Å². The number of rotatable bonds is 5. The van der Waals surface area contributed by atoms with E-state index in [0.717, 1.165) is 11.3 Å². The van der Waals surface area contributed by atoms with Crippen LogP contribution in [-0.2, 0) is 6.42 Å². The highest BCUT2D eigenvalue weighted by Crippen LogP contribution is 2.19. The summed E-state index contributed by atoms with van der Waals surface area (Å²) in [7, 11) is 3.38. The smallest absolute Gasteiger partial charge is 0.124 e. The van der Waals surface area contributed by atoms with E-state index in [0.29, 0.717) is 13.0 Å². The summed E-state index contributed by atoms with van der Waals surface area (Å²) >= 11 is 0. The van der Waals surface area contributed by atoms with Crippen molar-refractivity contribution in [2.45, 2.75) is 19.0 Å². The van der Waals surface area contributed by atoms with Crippen molar-refractivity contribution in [2.75, 3.05) is 20.7 Å². The fourth-order valence-electron chi connectivity index (χ4n) is 1.60. The summed E-state index contributed by atoms with van der Waals surface area (Å²) in [6.45, 7) is 1.97. The highest BCUT2D eigenvalue weighted by Gasteiger charge is 2.22. The number of hydrogen-bond donors (Lipinski definition) is 1. The van der Waals surface area contributed by atoms with Crippen LogP contribution >= 0.6 is 0 Å². The average Bonchev–Trinajstić information content (AvgIpc) is 2.18. The molecule has 84 valence electrons. The molecule has 1 unspecified atom stereocenters. The Bertz CT molecular complexity index is 295. The highest BCUT2D eigenvalue weighted by molar-refractivity contribution is 5.28. The van der Waals surface area contributed by atoms with Gasteiger partial charge in [0.15, 0.2) is 0 Å². The van der Waals surface area contributed by atoms with Gasteiger partial charge in [-0.25, -0.2) is 4.39 Å². The normalized spacial score (nSPS) is 14.7. The first-order chi connectivity index (χ1) is 7.07. The first-order valence-corrected chi connectivity index (χ1v) is 5.04. The van der Waals surface area contributed by atoms with E-state index in [4.69, 9.17) is 4.74 Å². The first-order valence-electron chi connectivity index (χ1n) is 5.04. The monoisotopic (exact) mass is 211 g/mol. The van der Waals surface area contributed by atoms with Crippen LogP contribution in [0.4, 0.5) is 4.39 Å². The molecule has 0 heterocycles. The third-order valence-electron chi connectivity index (χ3n) is 2.28. The van der Waals surface area contributed by atoms with Crippen molar-refractivity contribution in [3.8, 4) is 5.75 Å². The maximum Gasteiger partial charge on any atom is 0.124 e. The van der Waals surface area contributed by atoms with E-state index < -0.39 is 5.67 Å². The Morgan fingerprint density at radius 3 is 2.40 bits per heavy atom. The molecule has 0 saturated heterocycles. The molecule has 1 aromatic rings. The van der Waals surface area contributed by atoms with Gasteiger partial charge in [-0.1, -0.05) is 12.1 Å². The topological polar surface area (TPSA) is 21.3 Å². The second-order valence-corrected chi connectivity index (χ2v) is 3.97. The fourth-order valence-corrected chi connectivity index (χ4v) is 1.60. The molecule has 15 heavy (non-hydrogen) atoms. The Morgan fingerprint density at radius 2 is 1.93 bits per heavy atom. The van der Waals surface area contributed by atoms with Crippen LogP contribution in [0.1, 0.15) is 12.5 Å². The molecule has 0 saturated carbocycles. The molecule has 2 nitrogen and oxygen atoms in total. The van der Waals surface area contributed by atoms with Crippen molar-refractivity contribution in [3.63, 3.8) is 0 Å². The summed E-state index contributed by atoms with van der Waals surface area (Å²) in [5.41, 5.74) is -0.223. The van der Waals surface area contributed by atoms with Crippen LogP contribution < -0.4 is 10.1 Å². The molecule has 1 atom stereocenters. The van der Waals surface area contributed by atoms with E-state index in [1.54, 1.807) is 21.1 Å². The van der Waals surface area contributed by atoms with Crippen LogP contribution in [0.5, 0.6) is 5.75 Å². The van der Waals surface area contributed by atoms with Crippen LogP contribution in [0.15, 0.2) is 24.3 Å².